The molecule has 0 saturated carbocycles. The Morgan fingerprint density at radius 3 is 2.15 bits per heavy atom. The van der Waals surface area contributed by atoms with Gasteiger partial charge in [-0.15, -0.1) is 0 Å². The van der Waals surface area contributed by atoms with E-state index in [4.69, 9.17) is 4.98 Å². The summed E-state index contributed by atoms with van der Waals surface area (Å²) < 4.78 is 1.62. The number of fused-ring (bicyclic) bond motifs is 4. The van der Waals surface area contributed by atoms with Gasteiger partial charge in [0.1, 0.15) is 5.65 Å². The van der Waals surface area contributed by atoms with Gasteiger partial charge in [-0.1, -0.05) is 24.3 Å². The SMILES string of the molecule is Cc1ccc2c(c1)nc1c3ccc4c5c(ccc(c(=O)n21)c53)C(=O)N(c1ccccc1)C4=O. The molecule has 0 bridgehead atoms. The Kier molecular flexibility index (Phi) is 3.29. The molecule has 0 saturated heterocycles. The molecule has 0 atom stereocenters. The minimum atomic E-state index is -0.399. The highest BCUT2D eigenvalue weighted by Crippen LogP contribution is 2.38. The van der Waals surface area contributed by atoms with E-state index in [-0.39, 0.29) is 5.56 Å². The molecule has 33 heavy (non-hydrogen) atoms. The van der Waals surface area contributed by atoms with Crippen LogP contribution >= 0.6 is 0 Å². The number of nitrogens with zero attached hydrogens (tertiary/aromatic N) is 3. The lowest BCUT2D eigenvalue weighted by atomic mass is 9.90. The lowest BCUT2D eigenvalue weighted by molar-refractivity contribution is 0.0893. The second kappa shape index (κ2) is 6.01. The monoisotopic (exact) mass is 429 g/mol. The van der Waals surface area contributed by atoms with E-state index in [1.54, 1.807) is 46.9 Å². The lowest BCUT2D eigenvalue weighted by Crippen LogP contribution is -2.40. The van der Waals surface area contributed by atoms with Crippen LogP contribution in [0, 0.1) is 6.92 Å². The van der Waals surface area contributed by atoms with Crippen molar-refractivity contribution >= 4 is 55.7 Å². The fraction of sp³-hybridized carbons (Fsp3) is 0.0370. The summed E-state index contributed by atoms with van der Waals surface area (Å²) in [4.78, 5) is 46.4. The van der Waals surface area contributed by atoms with Crippen molar-refractivity contribution in [2.45, 2.75) is 6.92 Å². The van der Waals surface area contributed by atoms with Gasteiger partial charge in [0, 0.05) is 32.7 Å². The van der Waals surface area contributed by atoms with Crippen LogP contribution in [-0.4, -0.2) is 21.2 Å². The predicted octanol–water partition coefficient (Wildman–Crippen LogP) is 4.70. The first kappa shape index (κ1) is 18.0. The van der Waals surface area contributed by atoms with Gasteiger partial charge in [0.2, 0.25) is 0 Å². The second-order valence-corrected chi connectivity index (χ2v) is 8.42. The van der Waals surface area contributed by atoms with Crippen LogP contribution in [0.3, 0.4) is 0 Å². The summed E-state index contributed by atoms with van der Waals surface area (Å²) in [5, 5.41) is 2.35. The first-order valence-corrected chi connectivity index (χ1v) is 10.6. The molecule has 0 aliphatic carbocycles. The van der Waals surface area contributed by atoms with Gasteiger partial charge >= 0.3 is 0 Å². The minimum absolute atomic E-state index is 0.210. The zero-order chi connectivity index (χ0) is 22.4. The standard InChI is InChI=1S/C27H15N3O3/c1-14-7-12-21-20(13-14)28-24-16-8-9-18-23-19(11-10-17(22(16)23)27(33)30(21)24)26(32)29(25(18)31)15-5-3-2-4-6-15/h2-13H,1H3. The van der Waals surface area contributed by atoms with E-state index in [0.29, 0.717) is 38.6 Å². The molecular formula is C27H15N3O3. The Morgan fingerprint density at radius 2 is 1.42 bits per heavy atom. The maximum Gasteiger partial charge on any atom is 0.265 e. The molecule has 1 aliphatic rings. The topological polar surface area (TPSA) is 71.8 Å². The molecule has 2 amide bonds. The number of amides is 2. The molecule has 1 aliphatic heterocycles. The van der Waals surface area contributed by atoms with E-state index < -0.39 is 11.8 Å². The number of imide groups is 1. The molecule has 156 valence electrons. The van der Waals surface area contributed by atoms with Gasteiger partial charge in [-0.05, 0) is 61.0 Å². The molecule has 3 heterocycles. The first-order valence-electron chi connectivity index (χ1n) is 10.6. The number of rotatable bonds is 1. The summed E-state index contributed by atoms with van der Waals surface area (Å²) in [6, 6.07) is 21.6. The third kappa shape index (κ3) is 2.17. The largest absolute Gasteiger partial charge is 0.268 e. The third-order valence-corrected chi connectivity index (χ3v) is 6.53. The molecule has 2 aromatic heterocycles. The van der Waals surface area contributed by atoms with Gasteiger partial charge in [0.25, 0.3) is 17.4 Å². The average Bonchev–Trinajstić information content (AvgIpc) is 3.21. The molecule has 4 aromatic carbocycles. The number of anilines is 1. The van der Waals surface area contributed by atoms with E-state index in [2.05, 4.69) is 0 Å². The maximum atomic E-state index is 13.6. The van der Waals surface area contributed by atoms with Crippen LogP contribution in [-0.2, 0) is 0 Å². The molecular weight excluding hydrogens is 414 g/mol. The summed E-state index contributed by atoms with van der Waals surface area (Å²) >= 11 is 0. The van der Waals surface area contributed by atoms with Crippen molar-refractivity contribution in [3.8, 4) is 0 Å². The van der Waals surface area contributed by atoms with Gasteiger partial charge in [-0.3, -0.25) is 18.8 Å². The number of aryl methyl sites for hydroxylation is 1. The maximum absolute atomic E-state index is 13.6. The van der Waals surface area contributed by atoms with Crippen molar-refractivity contribution in [3.05, 3.63) is 99.8 Å². The fourth-order valence-electron chi connectivity index (χ4n) is 5.06. The second-order valence-electron chi connectivity index (χ2n) is 8.42. The van der Waals surface area contributed by atoms with E-state index >= 15 is 0 Å². The number of aromatic nitrogens is 2. The van der Waals surface area contributed by atoms with Gasteiger partial charge in [-0.25, -0.2) is 9.88 Å². The summed E-state index contributed by atoms with van der Waals surface area (Å²) in [5.41, 5.74) is 4.17. The fourth-order valence-corrected chi connectivity index (χ4v) is 5.06. The van der Waals surface area contributed by atoms with Crippen molar-refractivity contribution in [2.75, 3.05) is 4.90 Å². The Morgan fingerprint density at radius 1 is 0.727 bits per heavy atom. The number of benzene rings is 4. The molecule has 6 heteroatoms. The van der Waals surface area contributed by atoms with Crippen LogP contribution in [0.25, 0.3) is 38.2 Å². The molecule has 0 fully saturated rings. The summed E-state index contributed by atoms with van der Waals surface area (Å²) in [6.45, 7) is 1.98. The van der Waals surface area contributed by atoms with Crippen molar-refractivity contribution < 1.29 is 9.59 Å². The van der Waals surface area contributed by atoms with Crippen LogP contribution in [0.4, 0.5) is 5.69 Å². The zero-order valence-corrected chi connectivity index (χ0v) is 17.5. The van der Waals surface area contributed by atoms with Crippen LogP contribution < -0.4 is 10.5 Å². The summed E-state index contributed by atoms with van der Waals surface area (Å²) in [7, 11) is 0. The Balaban J connectivity index is 1.63. The molecule has 0 N–H and O–H groups in total. The van der Waals surface area contributed by atoms with Gasteiger partial charge in [0.15, 0.2) is 0 Å². The normalized spacial score (nSPS) is 13.8. The number of para-hydroxylation sites is 1. The number of imidazole rings is 1. The highest BCUT2D eigenvalue weighted by atomic mass is 16.2. The van der Waals surface area contributed by atoms with Gasteiger partial charge in [0.05, 0.1) is 16.7 Å². The van der Waals surface area contributed by atoms with Gasteiger partial charge in [-0.2, -0.15) is 0 Å². The van der Waals surface area contributed by atoms with E-state index in [9.17, 15) is 14.4 Å². The van der Waals surface area contributed by atoms with Crippen molar-refractivity contribution in [2.24, 2.45) is 0 Å². The highest BCUT2D eigenvalue weighted by molar-refractivity contribution is 6.38. The number of hydrogen-bond donors (Lipinski definition) is 0. The summed E-state index contributed by atoms with van der Waals surface area (Å²) in [6.07, 6.45) is 0. The number of hydrogen-bond acceptors (Lipinski definition) is 4. The van der Waals surface area contributed by atoms with E-state index in [1.165, 1.54) is 4.90 Å². The van der Waals surface area contributed by atoms with Crippen LogP contribution in [0.2, 0.25) is 0 Å². The Hall–Kier alpha value is -4.58. The zero-order valence-electron chi connectivity index (χ0n) is 17.5. The van der Waals surface area contributed by atoms with Crippen LogP contribution in [0.1, 0.15) is 26.3 Å². The molecule has 7 rings (SSSR count). The number of pyridine rings is 1. The Labute approximate surface area is 186 Å². The quantitative estimate of drug-likeness (QED) is 0.355. The van der Waals surface area contributed by atoms with Crippen LogP contribution in [0.5, 0.6) is 0 Å². The minimum Gasteiger partial charge on any atom is -0.268 e. The van der Waals surface area contributed by atoms with Crippen molar-refractivity contribution in [1.82, 2.24) is 9.38 Å². The third-order valence-electron chi connectivity index (χ3n) is 6.53. The number of carbonyl (C=O) groups is 2. The smallest absolute Gasteiger partial charge is 0.265 e. The lowest BCUT2D eigenvalue weighted by Gasteiger charge is -2.27. The average molecular weight is 429 g/mol. The Bertz CT molecular complexity index is 1860. The predicted molar refractivity (Wildman–Crippen MR) is 127 cm³/mol. The summed E-state index contributed by atoms with van der Waals surface area (Å²) in [5.74, 6) is -0.797. The molecule has 6 nitrogen and oxygen atoms in total. The molecule has 0 unspecified atom stereocenters. The van der Waals surface area contributed by atoms with E-state index in [1.807, 2.05) is 37.3 Å². The molecule has 0 radical (unpaired) electrons. The van der Waals surface area contributed by atoms with Crippen molar-refractivity contribution in [1.29, 1.82) is 0 Å². The highest BCUT2D eigenvalue weighted by Gasteiger charge is 2.35. The molecule has 0 spiro atoms. The van der Waals surface area contributed by atoms with E-state index in [0.717, 1.165) is 22.0 Å². The van der Waals surface area contributed by atoms with Crippen molar-refractivity contribution in [3.63, 3.8) is 0 Å². The molecule has 6 aromatic rings. The first-order chi connectivity index (χ1) is 16.0. The number of carbonyl (C=O) groups excluding carboxylic acids is 2. The van der Waals surface area contributed by atoms with Gasteiger partial charge < -0.3 is 0 Å². The van der Waals surface area contributed by atoms with Crippen LogP contribution in [0.15, 0.2) is 77.6 Å².